The first kappa shape index (κ1) is 17.8. The van der Waals surface area contributed by atoms with E-state index in [0.717, 1.165) is 5.56 Å². The third kappa shape index (κ3) is 4.53. The number of benzene rings is 1. The number of aromatic nitrogens is 1. The van der Waals surface area contributed by atoms with Crippen LogP contribution in [0, 0.1) is 0 Å². The molecule has 1 aromatic heterocycles. The van der Waals surface area contributed by atoms with Crippen molar-refractivity contribution >= 4 is 17.6 Å². The molecule has 1 fully saturated rings. The molecule has 1 aromatic carbocycles. The Hall–Kier alpha value is -3.02. The lowest BCUT2D eigenvalue weighted by atomic mass is 10.0. The fourth-order valence-corrected chi connectivity index (χ4v) is 2.99. The number of nitrogens with one attached hydrogen (secondary N) is 1. The Bertz CT molecular complexity index is 767. The molecule has 1 saturated heterocycles. The smallest absolute Gasteiger partial charge is 0.253 e. The van der Waals surface area contributed by atoms with Gasteiger partial charge in [0.2, 0.25) is 5.91 Å². The number of nitrogens with zero attached hydrogens (tertiary/aromatic N) is 2. The molecule has 0 aliphatic carbocycles. The zero-order valence-corrected chi connectivity index (χ0v) is 14.4. The third-order valence-electron chi connectivity index (χ3n) is 4.44. The molecule has 2 heterocycles. The van der Waals surface area contributed by atoms with Crippen molar-refractivity contribution in [2.45, 2.75) is 25.3 Å². The molecule has 1 aliphatic heterocycles. The zero-order valence-electron chi connectivity index (χ0n) is 14.4. The number of likely N-dealkylation sites (tertiary alicyclic amines) is 1. The molecule has 3 rings (SSSR count). The van der Waals surface area contributed by atoms with E-state index in [0.29, 0.717) is 37.9 Å². The highest BCUT2D eigenvalue weighted by molar-refractivity contribution is 5.97. The van der Waals surface area contributed by atoms with Crippen LogP contribution in [0.15, 0.2) is 54.9 Å². The number of ketones is 1. The van der Waals surface area contributed by atoms with Crippen molar-refractivity contribution in [2.24, 2.45) is 0 Å². The fourth-order valence-electron chi connectivity index (χ4n) is 2.99. The largest absolute Gasteiger partial charge is 0.340 e. The van der Waals surface area contributed by atoms with Gasteiger partial charge in [-0.15, -0.1) is 0 Å². The third-order valence-corrected chi connectivity index (χ3v) is 4.44. The van der Waals surface area contributed by atoms with E-state index in [4.69, 9.17) is 0 Å². The highest BCUT2D eigenvalue weighted by atomic mass is 16.2. The molecule has 6 nitrogen and oxygen atoms in total. The quantitative estimate of drug-likeness (QED) is 0.888. The van der Waals surface area contributed by atoms with Crippen LogP contribution >= 0.6 is 0 Å². The van der Waals surface area contributed by atoms with E-state index in [-0.39, 0.29) is 17.6 Å². The molecule has 0 saturated carbocycles. The summed E-state index contributed by atoms with van der Waals surface area (Å²) in [4.78, 5) is 42.5. The molecule has 0 bridgehead atoms. The molecule has 1 N–H and O–H groups in total. The van der Waals surface area contributed by atoms with Crippen LogP contribution in [0.25, 0.3) is 0 Å². The predicted octanol–water partition coefficient (Wildman–Crippen LogP) is 1.61. The summed E-state index contributed by atoms with van der Waals surface area (Å²) in [6.45, 7) is 0.817. The van der Waals surface area contributed by atoms with Crippen LogP contribution < -0.4 is 5.32 Å². The number of rotatable bonds is 5. The number of Topliss-reactive ketones (excluding diaryl/α,β-unsaturated/α-hetero) is 1. The molecule has 6 heteroatoms. The van der Waals surface area contributed by atoms with Crippen LogP contribution in [0.5, 0.6) is 0 Å². The standard InChI is InChI=1S/C20H21N3O3/c24-17-8-11-23(12-9-17)20(26)18(13-15-5-2-1-3-6-15)22-19(25)16-7-4-10-21-14-16/h1-7,10,14,18H,8-9,11-13H2,(H,22,25)/t18-/m0/s1. The number of amides is 2. The van der Waals surface area contributed by atoms with Gasteiger partial charge in [0.05, 0.1) is 5.56 Å². The number of pyridine rings is 1. The lowest BCUT2D eigenvalue weighted by Gasteiger charge is -2.30. The van der Waals surface area contributed by atoms with Crippen molar-refractivity contribution in [2.75, 3.05) is 13.1 Å². The molecule has 26 heavy (non-hydrogen) atoms. The van der Waals surface area contributed by atoms with Crippen LogP contribution in [-0.4, -0.2) is 46.6 Å². The van der Waals surface area contributed by atoms with E-state index in [1.807, 2.05) is 30.3 Å². The van der Waals surface area contributed by atoms with Gasteiger partial charge in [0.25, 0.3) is 5.91 Å². The van der Waals surface area contributed by atoms with Gasteiger partial charge in [0, 0.05) is 44.7 Å². The predicted molar refractivity (Wildman–Crippen MR) is 96.5 cm³/mol. The van der Waals surface area contributed by atoms with Crippen LogP contribution in [-0.2, 0) is 16.0 Å². The zero-order chi connectivity index (χ0) is 18.4. The lowest BCUT2D eigenvalue weighted by molar-refractivity contribution is -0.136. The van der Waals surface area contributed by atoms with Crippen LogP contribution in [0.3, 0.4) is 0 Å². The van der Waals surface area contributed by atoms with Gasteiger partial charge in [0.1, 0.15) is 11.8 Å². The second kappa shape index (κ2) is 8.38. The number of carbonyl (C=O) groups is 3. The molecule has 0 unspecified atom stereocenters. The second-order valence-corrected chi connectivity index (χ2v) is 6.32. The van der Waals surface area contributed by atoms with Crippen molar-refractivity contribution in [1.82, 2.24) is 15.2 Å². The summed E-state index contributed by atoms with van der Waals surface area (Å²) >= 11 is 0. The van der Waals surface area contributed by atoms with E-state index < -0.39 is 6.04 Å². The van der Waals surface area contributed by atoms with Gasteiger partial charge < -0.3 is 10.2 Å². The van der Waals surface area contributed by atoms with E-state index in [1.165, 1.54) is 6.20 Å². The second-order valence-electron chi connectivity index (χ2n) is 6.32. The summed E-state index contributed by atoms with van der Waals surface area (Å²) in [6.07, 6.45) is 4.21. The fraction of sp³-hybridized carbons (Fsp3) is 0.300. The maximum absolute atomic E-state index is 13.0. The first-order chi connectivity index (χ1) is 12.6. The lowest BCUT2D eigenvalue weighted by Crippen LogP contribution is -2.51. The van der Waals surface area contributed by atoms with Crippen molar-refractivity contribution in [3.05, 3.63) is 66.0 Å². The van der Waals surface area contributed by atoms with Gasteiger partial charge in [0.15, 0.2) is 0 Å². The molecule has 134 valence electrons. The summed E-state index contributed by atoms with van der Waals surface area (Å²) in [5.41, 5.74) is 1.37. The SMILES string of the molecule is O=C1CCN(C(=O)[C@H](Cc2ccccc2)NC(=O)c2cccnc2)CC1. The van der Waals surface area contributed by atoms with Gasteiger partial charge in [-0.3, -0.25) is 19.4 Å². The van der Waals surface area contributed by atoms with Crippen LogP contribution in [0.2, 0.25) is 0 Å². The van der Waals surface area contributed by atoms with Crippen molar-refractivity contribution < 1.29 is 14.4 Å². The molecule has 2 amide bonds. The first-order valence-electron chi connectivity index (χ1n) is 8.69. The summed E-state index contributed by atoms with van der Waals surface area (Å²) < 4.78 is 0. The summed E-state index contributed by atoms with van der Waals surface area (Å²) in [5, 5.41) is 2.84. The maximum Gasteiger partial charge on any atom is 0.253 e. The van der Waals surface area contributed by atoms with Gasteiger partial charge in [-0.25, -0.2) is 0 Å². The van der Waals surface area contributed by atoms with Crippen LogP contribution in [0.4, 0.5) is 0 Å². The Labute approximate surface area is 152 Å². The molecule has 0 radical (unpaired) electrons. The van der Waals surface area contributed by atoms with Gasteiger partial charge in [-0.1, -0.05) is 30.3 Å². The minimum absolute atomic E-state index is 0.154. The molecular weight excluding hydrogens is 330 g/mol. The number of piperidine rings is 1. The van der Waals surface area contributed by atoms with E-state index in [2.05, 4.69) is 10.3 Å². The number of carbonyl (C=O) groups excluding carboxylic acids is 3. The molecule has 2 aromatic rings. The number of hydrogen-bond acceptors (Lipinski definition) is 4. The summed E-state index contributed by atoms with van der Waals surface area (Å²) in [6, 6.07) is 12.2. The first-order valence-corrected chi connectivity index (χ1v) is 8.69. The molecular formula is C20H21N3O3. The van der Waals surface area contributed by atoms with Gasteiger partial charge >= 0.3 is 0 Å². The van der Waals surface area contributed by atoms with Gasteiger partial charge in [-0.05, 0) is 17.7 Å². The van der Waals surface area contributed by atoms with E-state index in [1.54, 1.807) is 23.2 Å². The Morgan fingerprint density at radius 2 is 1.81 bits per heavy atom. The summed E-state index contributed by atoms with van der Waals surface area (Å²) in [5.74, 6) is -0.313. The van der Waals surface area contributed by atoms with Gasteiger partial charge in [-0.2, -0.15) is 0 Å². The monoisotopic (exact) mass is 351 g/mol. The Balaban J connectivity index is 1.76. The summed E-state index contributed by atoms with van der Waals surface area (Å²) in [7, 11) is 0. The minimum Gasteiger partial charge on any atom is -0.340 e. The Morgan fingerprint density at radius 3 is 2.46 bits per heavy atom. The van der Waals surface area contributed by atoms with E-state index in [9.17, 15) is 14.4 Å². The normalized spacial score (nSPS) is 15.4. The van der Waals surface area contributed by atoms with E-state index >= 15 is 0 Å². The van der Waals surface area contributed by atoms with Crippen molar-refractivity contribution in [3.8, 4) is 0 Å². The average molecular weight is 351 g/mol. The number of hydrogen-bond donors (Lipinski definition) is 1. The highest BCUT2D eigenvalue weighted by Gasteiger charge is 2.29. The average Bonchev–Trinajstić information content (AvgIpc) is 2.69. The topological polar surface area (TPSA) is 79.4 Å². The molecule has 0 spiro atoms. The molecule has 1 atom stereocenters. The Morgan fingerprint density at radius 1 is 1.08 bits per heavy atom. The highest BCUT2D eigenvalue weighted by Crippen LogP contribution is 2.12. The van der Waals surface area contributed by atoms with Crippen molar-refractivity contribution in [1.29, 1.82) is 0 Å². The minimum atomic E-state index is -0.682. The maximum atomic E-state index is 13.0. The Kier molecular flexibility index (Phi) is 5.73. The molecule has 1 aliphatic rings. The van der Waals surface area contributed by atoms with Crippen molar-refractivity contribution in [3.63, 3.8) is 0 Å². The van der Waals surface area contributed by atoms with Crippen LogP contribution in [0.1, 0.15) is 28.8 Å².